The molecule has 1 aromatic rings. The summed E-state index contributed by atoms with van der Waals surface area (Å²) in [6.45, 7) is -0.126. The summed E-state index contributed by atoms with van der Waals surface area (Å²) in [7, 11) is 0. The van der Waals surface area contributed by atoms with Crippen molar-refractivity contribution < 1.29 is 19.8 Å². The summed E-state index contributed by atoms with van der Waals surface area (Å²) >= 11 is 0. The van der Waals surface area contributed by atoms with E-state index in [1.165, 1.54) is 0 Å². The van der Waals surface area contributed by atoms with E-state index in [9.17, 15) is 9.59 Å². The Balaban J connectivity index is 2.50. The number of aliphatic hydroxyl groups excluding tert-OH is 2. The van der Waals surface area contributed by atoms with Gasteiger partial charge in [0.25, 0.3) is 5.91 Å². The molecule has 1 rings (SSSR count). The normalized spacial score (nSPS) is 11.7. The van der Waals surface area contributed by atoms with Crippen molar-refractivity contribution in [2.24, 2.45) is 5.73 Å². The summed E-state index contributed by atoms with van der Waals surface area (Å²) in [5.74, 6) is -0.345. The van der Waals surface area contributed by atoms with Crippen molar-refractivity contribution in [1.29, 1.82) is 0 Å². The van der Waals surface area contributed by atoms with Gasteiger partial charge in [-0.2, -0.15) is 0 Å². The lowest BCUT2D eigenvalue weighted by Crippen LogP contribution is -2.33. The van der Waals surface area contributed by atoms with Crippen LogP contribution in [-0.2, 0) is 6.54 Å². The van der Waals surface area contributed by atoms with Gasteiger partial charge in [0.05, 0.1) is 12.7 Å². The van der Waals surface area contributed by atoms with Gasteiger partial charge >= 0.3 is 6.03 Å². The molecule has 7 nitrogen and oxygen atoms in total. The zero-order valence-electron chi connectivity index (χ0n) is 10.3. The minimum absolute atomic E-state index is 0.0136. The van der Waals surface area contributed by atoms with Gasteiger partial charge in [0, 0.05) is 18.7 Å². The molecule has 6 N–H and O–H groups in total. The van der Waals surface area contributed by atoms with E-state index in [2.05, 4.69) is 10.6 Å². The molecule has 0 saturated carbocycles. The molecule has 0 heterocycles. The summed E-state index contributed by atoms with van der Waals surface area (Å²) in [4.78, 5) is 22.2. The number of carbonyl (C=O) groups is 2. The highest BCUT2D eigenvalue weighted by Gasteiger charge is 2.08. The monoisotopic (exact) mass is 267 g/mol. The first-order chi connectivity index (χ1) is 9.02. The summed E-state index contributed by atoms with van der Waals surface area (Å²) in [5.41, 5.74) is 6.18. The second kappa shape index (κ2) is 7.34. The molecule has 7 heteroatoms. The molecule has 1 atom stereocenters. The predicted octanol–water partition coefficient (Wildman–Crippen LogP) is -1.06. The van der Waals surface area contributed by atoms with Crippen LogP contribution in [0.3, 0.4) is 0 Å². The van der Waals surface area contributed by atoms with Gasteiger partial charge in [-0.05, 0) is 17.7 Å². The van der Waals surface area contributed by atoms with E-state index in [1.807, 2.05) is 0 Å². The predicted molar refractivity (Wildman–Crippen MR) is 68.3 cm³/mol. The smallest absolute Gasteiger partial charge is 0.312 e. The minimum atomic E-state index is -0.969. The number of benzene rings is 1. The van der Waals surface area contributed by atoms with Crippen LogP contribution in [0.2, 0.25) is 0 Å². The Labute approximate surface area is 110 Å². The fraction of sp³-hybridized carbons (Fsp3) is 0.333. The van der Waals surface area contributed by atoms with Gasteiger partial charge in [-0.3, -0.25) is 4.79 Å². The van der Waals surface area contributed by atoms with Gasteiger partial charge in [-0.1, -0.05) is 12.1 Å². The third-order valence-electron chi connectivity index (χ3n) is 2.39. The van der Waals surface area contributed by atoms with Crippen molar-refractivity contribution in [3.05, 3.63) is 35.4 Å². The van der Waals surface area contributed by atoms with Crippen molar-refractivity contribution in [3.8, 4) is 0 Å². The number of hydrogen-bond donors (Lipinski definition) is 5. The number of nitrogens with two attached hydrogens (primary N) is 1. The first-order valence-electron chi connectivity index (χ1n) is 5.72. The highest BCUT2D eigenvalue weighted by atomic mass is 16.3. The first kappa shape index (κ1) is 14.9. The van der Waals surface area contributed by atoms with E-state index in [-0.39, 0.29) is 12.5 Å². The Bertz CT molecular complexity index is 433. The van der Waals surface area contributed by atoms with Gasteiger partial charge in [0.2, 0.25) is 0 Å². The third kappa shape index (κ3) is 5.36. The number of urea groups is 1. The molecule has 0 bridgehead atoms. The van der Waals surface area contributed by atoms with E-state index < -0.39 is 18.7 Å². The lowest BCUT2D eigenvalue weighted by molar-refractivity contribution is 0.0802. The Morgan fingerprint density at radius 1 is 1.21 bits per heavy atom. The number of carbonyl (C=O) groups excluding carboxylic acids is 2. The SMILES string of the molecule is NC(=O)NCc1ccc(C(=O)NCC(O)CO)cc1. The fourth-order valence-electron chi connectivity index (χ4n) is 1.34. The molecule has 0 fully saturated rings. The highest BCUT2D eigenvalue weighted by Crippen LogP contribution is 2.04. The maximum Gasteiger partial charge on any atom is 0.312 e. The van der Waals surface area contributed by atoms with Crippen LogP contribution in [0.25, 0.3) is 0 Å². The quantitative estimate of drug-likeness (QED) is 0.450. The first-order valence-corrected chi connectivity index (χ1v) is 5.72. The number of aliphatic hydroxyl groups is 2. The Morgan fingerprint density at radius 2 is 1.84 bits per heavy atom. The number of amides is 3. The molecule has 1 aromatic carbocycles. The van der Waals surface area contributed by atoms with Gasteiger partial charge in [-0.25, -0.2) is 4.79 Å². The van der Waals surface area contributed by atoms with Gasteiger partial charge < -0.3 is 26.6 Å². The molecule has 1 unspecified atom stereocenters. The topological polar surface area (TPSA) is 125 Å². The van der Waals surface area contributed by atoms with Crippen molar-refractivity contribution in [3.63, 3.8) is 0 Å². The molecule has 104 valence electrons. The summed E-state index contributed by atoms with van der Waals surface area (Å²) in [5, 5.41) is 22.6. The van der Waals surface area contributed by atoms with Crippen LogP contribution in [0.5, 0.6) is 0 Å². The van der Waals surface area contributed by atoms with Crippen LogP contribution in [-0.4, -0.2) is 41.4 Å². The molecule has 0 aliphatic carbocycles. The van der Waals surface area contributed by atoms with Crippen molar-refractivity contribution in [1.82, 2.24) is 10.6 Å². The van der Waals surface area contributed by atoms with Gasteiger partial charge in [0.1, 0.15) is 0 Å². The van der Waals surface area contributed by atoms with Gasteiger partial charge in [-0.15, -0.1) is 0 Å². The number of primary amides is 1. The molecule has 0 aliphatic rings. The largest absolute Gasteiger partial charge is 0.394 e. The number of nitrogens with one attached hydrogen (secondary N) is 2. The molecule has 3 amide bonds. The van der Waals surface area contributed by atoms with Crippen LogP contribution >= 0.6 is 0 Å². The molecule has 0 spiro atoms. The number of rotatable bonds is 6. The average molecular weight is 267 g/mol. The second-order valence-corrected chi connectivity index (χ2v) is 3.96. The fourth-order valence-corrected chi connectivity index (χ4v) is 1.34. The Hall–Kier alpha value is -2.12. The van der Waals surface area contributed by atoms with E-state index in [4.69, 9.17) is 15.9 Å². The van der Waals surface area contributed by atoms with E-state index >= 15 is 0 Å². The lowest BCUT2D eigenvalue weighted by atomic mass is 10.1. The molecule has 19 heavy (non-hydrogen) atoms. The molecule has 0 saturated heterocycles. The Morgan fingerprint density at radius 3 is 2.37 bits per heavy atom. The molecule has 0 aromatic heterocycles. The second-order valence-electron chi connectivity index (χ2n) is 3.96. The molecule has 0 aliphatic heterocycles. The molecular weight excluding hydrogens is 250 g/mol. The van der Waals surface area contributed by atoms with Crippen LogP contribution in [0, 0.1) is 0 Å². The van der Waals surface area contributed by atoms with Gasteiger partial charge in [0.15, 0.2) is 0 Å². The maximum atomic E-state index is 11.6. The standard InChI is InChI=1S/C12H17N3O4/c13-12(19)15-5-8-1-3-9(4-2-8)11(18)14-6-10(17)7-16/h1-4,10,16-17H,5-7H2,(H,14,18)(H3,13,15,19). The lowest BCUT2D eigenvalue weighted by Gasteiger charge is -2.09. The average Bonchev–Trinajstić information content (AvgIpc) is 2.42. The summed E-state index contributed by atoms with van der Waals surface area (Å²) in [6, 6.07) is 5.96. The van der Waals surface area contributed by atoms with E-state index in [1.54, 1.807) is 24.3 Å². The third-order valence-corrected chi connectivity index (χ3v) is 2.39. The van der Waals surface area contributed by atoms with E-state index in [0.29, 0.717) is 12.1 Å². The van der Waals surface area contributed by atoms with Crippen LogP contribution in [0.15, 0.2) is 24.3 Å². The van der Waals surface area contributed by atoms with Crippen LogP contribution < -0.4 is 16.4 Å². The Kier molecular flexibility index (Phi) is 5.77. The van der Waals surface area contributed by atoms with Crippen molar-refractivity contribution in [2.75, 3.05) is 13.2 Å². The zero-order valence-corrected chi connectivity index (χ0v) is 10.3. The summed E-state index contributed by atoms with van der Waals surface area (Å²) in [6.07, 6.45) is -0.969. The van der Waals surface area contributed by atoms with Crippen LogP contribution in [0.4, 0.5) is 4.79 Å². The minimum Gasteiger partial charge on any atom is -0.394 e. The molecule has 0 radical (unpaired) electrons. The highest BCUT2D eigenvalue weighted by molar-refractivity contribution is 5.94. The zero-order chi connectivity index (χ0) is 14.3. The van der Waals surface area contributed by atoms with Crippen LogP contribution in [0.1, 0.15) is 15.9 Å². The van der Waals surface area contributed by atoms with Crippen molar-refractivity contribution >= 4 is 11.9 Å². The molecular formula is C12H17N3O4. The number of hydrogen-bond acceptors (Lipinski definition) is 4. The van der Waals surface area contributed by atoms with Crippen molar-refractivity contribution in [2.45, 2.75) is 12.6 Å². The van der Waals surface area contributed by atoms with E-state index in [0.717, 1.165) is 5.56 Å². The summed E-state index contributed by atoms with van der Waals surface area (Å²) < 4.78 is 0. The maximum absolute atomic E-state index is 11.6.